The van der Waals surface area contributed by atoms with Crippen LogP contribution in [0.15, 0.2) is 53.4 Å². The van der Waals surface area contributed by atoms with Crippen LogP contribution >= 0.6 is 11.6 Å². The number of sulfonamides is 1. The molecule has 2 aromatic carbocycles. The summed E-state index contributed by atoms with van der Waals surface area (Å²) in [5, 5.41) is 3.10. The van der Waals surface area contributed by atoms with Gasteiger partial charge in [0.1, 0.15) is 0 Å². The van der Waals surface area contributed by atoms with Crippen molar-refractivity contribution in [3.8, 4) is 0 Å². The van der Waals surface area contributed by atoms with Crippen LogP contribution in [0, 0.1) is 0 Å². The summed E-state index contributed by atoms with van der Waals surface area (Å²) in [6, 6.07) is 12.8. The Balaban J connectivity index is 2.00. The first kappa shape index (κ1) is 21.4. The van der Waals surface area contributed by atoms with Gasteiger partial charge in [-0.3, -0.25) is 4.79 Å². The highest BCUT2D eigenvalue weighted by atomic mass is 35.5. The van der Waals surface area contributed by atoms with E-state index < -0.39 is 22.0 Å². The van der Waals surface area contributed by atoms with Crippen molar-refractivity contribution in [1.29, 1.82) is 0 Å². The zero-order valence-electron chi connectivity index (χ0n) is 15.6. The van der Waals surface area contributed by atoms with Gasteiger partial charge in [-0.25, -0.2) is 8.42 Å². The minimum absolute atomic E-state index is 0.0194. The number of nitrogens with one attached hydrogen (secondary N) is 2. The number of carbonyl (C=O) groups excluding carboxylic acids is 1. The van der Waals surface area contributed by atoms with Gasteiger partial charge in [-0.05, 0) is 50.3 Å². The fraction of sp³-hybridized carbons (Fsp3) is 0.316. The quantitative estimate of drug-likeness (QED) is 0.701. The van der Waals surface area contributed by atoms with E-state index in [0.29, 0.717) is 11.6 Å². The number of amides is 1. The lowest BCUT2D eigenvalue weighted by Crippen LogP contribution is -2.44. The Kier molecular flexibility index (Phi) is 7.38. The van der Waals surface area contributed by atoms with Gasteiger partial charge >= 0.3 is 0 Å². The highest BCUT2D eigenvalue weighted by Gasteiger charge is 2.22. The normalized spacial score (nSPS) is 12.8. The molecule has 2 rings (SSSR count). The molecular weight excluding hydrogens is 386 g/mol. The Morgan fingerprint density at radius 1 is 1.11 bits per heavy atom. The van der Waals surface area contributed by atoms with Crippen molar-refractivity contribution in [2.45, 2.75) is 31.0 Å². The first-order chi connectivity index (χ1) is 12.7. The number of hydrogen-bond donors (Lipinski definition) is 2. The van der Waals surface area contributed by atoms with E-state index in [1.165, 1.54) is 19.1 Å². The monoisotopic (exact) mass is 409 g/mol. The average molecular weight is 410 g/mol. The van der Waals surface area contributed by atoms with Crippen molar-refractivity contribution in [1.82, 2.24) is 14.9 Å². The number of nitrogens with zero attached hydrogens (tertiary/aromatic N) is 1. The third-order valence-corrected chi connectivity index (χ3v) is 5.66. The van der Waals surface area contributed by atoms with Crippen molar-refractivity contribution in [2.75, 3.05) is 14.1 Å². The van der Waals surface area contributed by atoms with Crippen LogP contribution in [-0.2, 0) is 27.9 Å². The fourth-order valence-corrected chi connectivity index (χ4v) is 4.05. The summed E-state index contributed by atoms with van der Waals surface area (Å²) in [6.07, 6.45) is 0. The van der Waals surface area contributed by atoms with Crippen LogP contribution in [0.4, 0.5) is 0 Å². The van der Waals surface area contributed by atoms with E-state index in [4.69, 9.17) is 11.6 Å². The Bertz CT molecular complexity index is 901. The van der Waals surface area contributed by atoms with Gasteiger partial charge in [-0.2, -0.15) is 4.72 Å². The second-order valence-electron chi connectivity index (χ2n) is 6.52. The maximum Gasteiger partial charge on any atom is 0.241 e. The number of rotatable bonds is 8. The van der Waals surface area contributed by atoms with Gasteiger partial charge in [0.05, 0.1) is 10.9 Å². The van der Waals surface area contributed by atoms with Crippen LogP contribution in [0.5, 0.6) is 0 Å². The number of benzene rings is 2. The van der Waals surface area contributed by atoms with E-state index >= 15 is 0 Å². The molecule has 0 aliphatic heterocycles. The van der Waals surface area contributed by atoms with Gasteiger partial charge in [0, 0.05) is 18.1 Å². The zero-order chi connectivity index (χ0) is 20.0. The van der Waals surface area contributed by atoms with Crippen molar-refractivity contribution in [2.24, 2.45) is 0 Å². The Morgan fingerprint density at radius 3 is 2.41 bits per heavy atom. The van der Waals surface area contributed by atoms with Gasteiger partial charge in [-0.1, -0.05) is 41.9 Å². The number of carbonyl (C=O) groups is 1. The molecule has 0 saturated carbocycles. The highest BCUT2D eigenvalue weighted by Crippen LogP contribution is 2.15. The maximum absolute atomic E-state index is 12.4. The molecule has 0 heterocycles. The lowest BCUT2D eigenvalue weighted by Gasteiger charge is -2.17. The predicted molar refractivity (Wildman–Crippen MR) is 107 cm³/mol. The molecule has 0 radical (unpaired) electrons. The Labute approximate surface area is 165 Å². The lowest BCUT2D eigenvalue weighted by atomic mass is 10.1. The molecule has 2 aromatic rings. The van der Waals surface area contributed by atoms with Gasteiger partial charge in [0.25, 0.3) is 0 Å². The van der Waals surface area contributed by atoms with Crippen molar-refractivity contribution < 1.29 is 13.2 Å². The lowest BCUT2D eigenvalue weighted by molar-refractivity contribution is -0.122. The summed E-state index contributed by atoms with van der Waals surface area (Å²) in [6.45, 7) is 2.58. The molecule has 6 nitrogen and oxygen atoms in total. The van der Waals surface area contributed by atoms with E-state index in [1.807, 2.05) is 43.3 Å². The second kappa shape index (κ2) is 9.32. The van der Waals surface area contributed by atoms with Gasteiger partial charge in [0.15, 0.2) is 0 Å². The van der Waals surface area contributed by atoms with Crippen LogP contribution in [0.3, 0.4) is 0 Å². The average Bonchev–Trinajstić information content (AvgIpc) is 2.60. The number of hydrogen-bond acceptors (Lipinski definition) is 4. The van der Waals surface area contributed by atoms with Crippen LogP contribution in [0.25, 0.3) is 0 Å². The molecular formula is C19H24ClN3O3S. The predicted octanol–water partition coefficient (Wildman–Crippen LogP) is 2.38. The molecule has 0 spiro atoms. The van der Waals surface area contributed by atoms with Crippen molar-refractivity contribution in [3.05, 3.63) is 64.7 Å². The molecule has 0 unspecified atom stereocenters. The second-order valence-corrected chi connectivity index (χ2v) is 8.68. The van der Waals surface area contributed by atoms with E-state index in [0.717, 1.165) is 17.7 Å². The third-order valence-electron chi connectivity index (χ3n) is 3.89. The summed E-state index contributed by atoms with van der Waals surface area (Å²) in [7, 11) is 0.113. The summed E-state index contributed by atoms with van der Waals surface area (Å²) in [5.41, 5.74) is 2.10. The Morgan fingerprint density at radius 2 is 1.78 bits per heavy atom. The molecule has 0 aliphatic rings. The topological polar surface area (TPSA) is 78.5 Å². The minimum Gasteiger partial charge on any atom is -0.351 e. The largest absolute Gasteiger partial charge is 0.351 e. The molecule has 146 valence electrons. The van der Waals surface area contributed by atoms with Gasteiger partial charge in [-0.15, -0.1) is 0 Å². The Hall–Kier alpha value is -1.93. The van der Waals surface area contributed by atoms with Crippen LogP contribution in [0.2, 0.25) is 5.02 Å². The first-order valence-electron chi connectivity index (χ1n) is 8.46. The van der Waals surface area contributed by atoms with Gasteiger partial charge < -0.3 is 10.2 Å². The maximum atomic E-state index is 12.4. The number of halogens is 1. The molecule has 0 bridgehead atoms. The summed E-state index contributed by atoms with van der Waals surface area (Å²) >= 11 is 5.84. The fourth-order valence-electron chi connectivity index (χ4n) is 2.55. The molecule has 1 atom stereocenters. The SMILES string of the molecule is C[C@H](NS(=O)(=O)c1cccc(Cl)c1)C(=O)NCc1ccccc1CN(C)C. The van der Waals surface area contributed by atoms with E-state index in [1.54, 1.807) is 12.1 Å². The van der Waals surface area contributed by atoms with E-state index in [9.17, 15) is 13.2 Å². The molecule has 0 fully saturated rings. The molecule has 0 aromatic heterocycles. The molecule has 0 aliphatic carbocycles. The van der Waals surface area contributed by atoms with Gasteiger partial charge in [0.2, 0.25) is 15.9 Å². The molecule has 0 saturated heterocycles. The van der Waals surface area contributed by atoms with Crippen molar-refractivity contribution in [3.63, 3.8) is 0 Å². The summed E-state index contributed by atoms with van der Waals surface area (Å²) < 4.78 is 27.2. The van der Waals surface area contributed by atoms with Crippen molar-refractivity contribution >= 4 is 27.5 Å². The third kappa shape index (κ3) is 6.32. The highest BCUT2D eigenvalue weighted by molar-refractivity contribution is 7.89. The molecule has 2 N–H and O–H groups in total. The molecule has 27 heavy (non-hydrogen) atoms. The standard InChI is InChI=1S/C19H24ClN3O3S/c1-14(22-27(25,26)18-10-6-9-17(20)11-18)19(24)21-12-15-7-4-5-8-16(15)13-23(2)3/h4-11,14,22H,12-13H2,1-3H3,(H,21,24)/t14-/m0/s1. The van der Waals surface area contributed by atoms with E-state index in [2.05, 4.69) is 10.0 Å². The minimum atomic E-state index is -3.84. The molecule has 8 heteroatoms. The zero-order valence-corrected chi connectivity index (χ0v) is 17.1. The molecule has 1 amide bonds. The smallest absolute Gasteiger partial charge is 0.241 e. The summed E-state index contributed by atoms with van der Waals surface area (Å²) in [5.74, 6) is -0.403. The van der Waals surface area contributed by atoms with Crippen LogP contribution in [0.1, 0.15) is 18.1 Å². The summed E-state index contributed by atoms with van der Waals surface area (Å²) in [4.78, 5) is 14.4. The van der Waals surface area contributed by atoms with Crippen LogP contribution in [-0.4, -0.2) is 39.4 Å². The van der Waals surface area contributed by atoms with E-state index in [-0.39, 0.29) is 4.90 Å². The van der Waals surface area contributed by atoms with Crippen LogP contribution < -0.4 is 10.0 Å². The first-order valence-corrected chi connectivity index (χ1v) is 10.3.